The van der Waals surface area contributed by atoms with Crippen molar-refractivity contribution in [3.63, 3.8) is 0 Å². The van der Waals surface area contributed by atoms with Crippen LogP contribution in [-0.2, 0) is 14.8 Å². The molecule has 1 aromatic heterocycles. The van der Waals surface area contributed by atoms with Gasteiger partial charge in [-0.3, -0.25) is 9.10 Å². The smallest absolute Gasteiger partial charge is 0.264 e. The monoisotopic (exact) mass is 632 g/mol. The number of hydrazone groups is 1. The summed E-state index contributed by atoms with van der Waals surface area (Å²) in [5.41, 5.74) is 6.08. The second-order valence-corrected chi connectivity index (χ2v) is 12.0. The SMILES string of the molecule is Cc1cc(/C=N\NC(=O)CN(c2cccc(Br)c2)S(=O)(=O)c2ccccc2)c(C)n1-c1ccc(Cl)cc1Cl. The molecule has 0 aliphatic carbocycles. The number of sulfonamides is 1. The molecule has 1 amide bonds. The van der Waals surface area contributed by atoms with Crippen LogP contribution in [0.1, 0.15) is 17.0 Å². The van der Waals surface area contributed by atoms with Crippen LogP contribution in [0, 0.1) is 13.8 Å². The number of rotatable bonds is 8. The number of nitrogens with one attached hydrogen (secondary N) is 1. The first kappa shape index (κ1) is 27.9. The Kier molecular flexibility index (Phi) is 8.62. The van der Waals surface area contributed by atoms with Crippen LogP contribution in [0.15, 0.2) is 93.3 Å². The molecule has 1 N–H and O–H groups in total. The summed E-state index contributed by atoms with van der Waals surface area (Å²) in [7, 11) is -4.02. The summed E-state index contributed by atoms with van der Waals surface area (Å²) in [4.78, 5) is 12.9. The van der Waals surface area contributed by atoms with Gasteiger partial charge in [0.15, 0.2) is 0 Å². The molecule has 0 aliphatic rings. The van der Waals surface area contributed by atoms with E-state index in [2.05, 4.69) is 26.5 Å². The predicted octanol–water partition coefficient (Wildman–Crippen LogP) is 6.51. The average molecular weight is 634 g/mol. The topological polar surface area (TPSA) is 83.8 Å². The Labute approximate surface area is 239 Å². The lowest BCUT2D eigenvalue weighted by atomic mass is 10.2. The van der Waals surface area contributed by atoms with E-state index in [1.807, 2.05) is 30.5 Å². The highest BCUT2D eigenvalue weighted by atomic mass is 79.9. The van der Waals surface area contributed by atoms with E-state index in [1.165, 1.54) is 18.3 Å². The van der Waals surface area contributed by atoms with Gasteiger partial charge in [0.2, 0.25) is 0 Å². The first-order chi connectivity index (χ1) is 18.1. The zero-order valence-electron chi connectivity index (χ0n) is 20.4. The van der Waals surface area contributed by atoms with Gasteiger partial charge in [0.05, 0.1) is 27.5 Å². The minimum Gasteiger partial charge on any atom is -0.316 e. The fourth-order valence-corrected chi connectivity index (χ4v) is 6.27. The summed E-state index contributed by atoms with van der Waals surface area (Å²) >= 11 is 15.8. The van der Waals surface area contributed by atoms with Crippen molar-refractivity contribution in [3.05, 3.63) is 110 Å². The third-order valence-corrected chi connectivity index (χ3v) is 8.55. The third-order valence-electron chi connectivity index (χ3n) is 5.73. The van der Waals surface area contributed by atoms with E-state index in [0.717, 1.165) is 26.9 Å². The van der Waals surface area contributed by atoms with E-state index in [9.17, 15) is 13.2 Å². The van der Waals surface area contributed by atoms with Crippen molar-refractivity contribution in [2.45, 2.75) is 18.7 Å². The number of aromatic nitrogens is 1. The molecule has 38 heavy (non-hydrogen) atoms. The number of hydrogen-bond donors (Lipinski definition) is 1. The summed E-state index contributed by atoms with van der Waals surface area (Å²) in [6.07, 6.45) is 1.51. The lowest BCUT2D eigenvalue weighted by Gasteiger charge is -2.23. The maximum absolute atomic E-state index is 13.4. The summed E-state index contributed by atoms with van der Waals surface area (Å²) < 4.78 is 30.5. The van der Waals surface area contributed by atoms with Crippen LogP contribution < -0.4 is 9.73 Å². The molecule has 11 heteroatoms. The van der Waals surface area contributed by atoms with Gasteiger partial charge >= 0.3 is 0 Å². The molecule has 0 unspecified atom stereocenters. The molecule has 4 aromatic rings. The average Bonchev–Trinajstić information content (AvgIpc) is 3.15. The number of nitrogens with zero attached hydrogens (tertiary/aromatic N) is 3. The minimum absolute atomic E-state index is 0.0737. The van der Waals surface area contributed by atoms with Gasteiger partial charge in [0.25, 0.3) is 15.9 Å². The van der Waals surface area contributed by atoms with E-state index in [-0.39, 0.29) is 4.90 Å². The highest BCUT2D eigenvalue weighted by Gasteiger charge is 2.27. The Morgan fingerprint density at radius 3 is 2.45 bits per heavy atom. The Hall–Kier alpha value is -3.11. The van der Waals surface area contributed by atoms with Crippen molar-refractivity contribution < 1.29 is 13.2 Å². The largest absolute Gasteiger partial charge is 0.316 e. The van der Waals surface area contributed by atoms with Crippen LogP contribution in [0.3, 0.4) is 0 Å². The Morgan fingerprint density at radius 2 is 1.76 bits per heavy atom. The second kappa shape index (κ2) is 11.7. The zero-order chi connectivity index (χ0) is 27.4. The maximum Gasteiger partial charge on any atom is 0.264 e. The number of halogens is 3. The van der Waals surface area contributed by atoms with E-state index in [1.54, 1.807) is 54.6 Å². The highest BCUT2D eigenvalue weighted by molar-refractivity contribution is 9.10. The van der Waals surface area contributed by atoms with Crippen LogP contribution in [0.2, 0.25) is 10.0 Å². The molecule has 0 aliphatic heterocycles. The summed E-state index contributed by atoms with van der Waals surface area (Å²) in [5.74, 6) is -0.602. The van der Waals surface area contributed by atoms with Crippen LogP contribution in [0.5, 0.6) is 0 Å². The van der Waals surface area contributed by atoms with Gasteiger partial charge in [-0.15, -0.1) is 0 Å². The van der Waals surface area contributed by atoms with Gasteiger partial charge in [-0.2, -0.15) is 5.10 Å². The molecule has 0 atom stereocenters. The number of anilines is 1. The quantitative estimate of drug-likeness (QED) is 0.177. The van der Waals surface area contributed by atoms with E-state index < -0.39 is 22.5 Å². The molecule has 0 fully saturated rings. The second-order valence-electron chi connectivity index (χ2n) is 8.36. The third kappa shape index (κ3) is 6.13. The molecule has 0 saturated carbocycles. The molecule has 0 saturated heterocycles. The fraction of sp³-hybridized carbons (Fsp3) is 0.111. The van der Waals surface area contributed by atoms with Crippen molar-refractivity contribution >= 4 is 67.0 Å². The van der Waals surface area contributed by atoms with Crippen LogP contribution in [-0.4, -0.2) is 31.7 Å². The van der Waals surface area contributed by atoms with Crippen molar-refractivity contribution in [1.29, 1.82) is 0 Å². The lowest BCUT2D eigenvalue weighted by Crippen LogP contribution is -2.39. The van der Waals surface area contributed by atoms with Crippen molar-refractivity contribution in [3.8, 4) is 5.69 Å². The Bertz CT molecular complexity index is 1620. The van der Waals surface area contributed by atoms with E-state index in [0.29, 0.717) is 20.2 Å². The highest BCUT2D eigenvalue weighted by Crippen LogP contribution is 2.29. The van der Waals surface area contributed by atoms with Crippen LogP contribution in [0.25, 0.3) is 5.69 Å². The molecule has 7 nitrogen and oxygen atoms in total. The fourth-order valence-electron chi connectivity index (χ4n) is 3.96. The molecule has 4 rings (SSSR count). The zero-order valence-corrected chi connectivity index (χ0v) is 24.3. The lowest BCUT2D eigenvalue weighted by molar-refractivity contribution is -0.119. The number of carbonyl (C=O) groups is 1. The van der Waals surface area contributed by atoms with Gasteiger partial charge in [-0.25, -0.2) is 13.8 Å². The molecule has 0 spiro atoms. The minimum atomic E-state index is -4.02. The van der Waals surface area contributed by atoms with Gasteiger partial charge < -0.3 is 4.57 Å². The predicted molar refractivity (Wildman–Crippen MR) is 156 cm³/mol. The molecule has 196 valence electrons. The standard InChI is InChI=1S/C27H23BrCl2N4O3S/c1-18-13-20(19(2)34(18)26-12-11-22(29)15-25(26)30)16-31-32-27(35)17-33(23-8-6-7-21(28)14-23)38(36,37)24-9-4-3-5-10-24/h3-16H,17H2,1-2H3,(H,32,35)/b31-16-. The van der Waals surface area contributed by atoms with Gasteiger partial charge in [0, 0.05) is 26.4 Å². The van der Waals surface area contributed by atoms with Gasteiger partial charge in [-0.05, 0) is 68.4 Å². The molecule has 0 bridgehead atoms. The number of carbonyl (C=O) groups excluding carboxylic acids is 1. The number of benzene rings is 3. The van der Waals surface area contributed by atoms with Crippen molar-refractivity contribution in [2.24, 2.45) is 5.10 Å². The molecular weight excluding hydrogens is 611 g/mol. The molecule has 1 heterocycles. The van der Waals surface area contributed by atoms with Crippen molar-refractivity contribution in [2.75, 3.05) is 10.8 Å². The maximum atomic E-state index is 13.4. The molecular formula is C27H23BrCl2N4O3S. The number of aryl methyl sites for hydroxylation is 1. The Balaban J connectivity index is 1.56. The van der Waals surface area contributed by atoms with Crippen LogP contribution in [0.4, 0.5) is 5.69 Å². The summed E-state index contributed by atoms with van der Waals surface area (Å²) in [6.45, 7) is 3.37. The van der Waals surface area contributed by atoms with E-state index in [4.69, 9.17) is 23.2 Å². The van der Waals surface area contributed by atoms with Crippen LogP contribution >= 0.6 is 39.1 Å². The van der Waals surface area contributed by atoms with Gasteiger partial charge in [-0.1, -0.05) is 63.4 Å². The van der Waals surface area contributed by atoms with E-state index >= 15 is 0 Å². The molecule has 0 radical (unpaired) electrons. The Morgan fingerprint density at radius 1 is 1.03 bits per heavy atom. The first-order valence-electron chi connectivity index (χ1n) is 11.4. The summed E-state index contributed by atoms with van der Waals surface area (Å²) in [6, 6.07) is 21.9. The van der Waals surface area contributed by atoms with Gasteiger partial charge in [0.1, 0.15) is 6.54 Å². The molecule has 3 aromatic carbocycles. The number of hydrogen-bond acceptors (Lipinski definition) is 4. The first-order valence-corrected chi connectivity index (χ1v) is 14.4. The summed E-state index contributed by atoms with van der Waals surface area (Å²) in [5, 5.41) is 5.13. The van der Waals surface area contributed by atoms with Crippen molar-refractivity contribution in [1.82, 2.24) is 9.99 Å². The number of amides is 1. The normalized spacial score (nSPS) is 11.6.